The van der Waals surface area contributed by atoms with Crippen molar-refractivity contribution in [2.24, 2.45) is 0 Å². The molecule has 0 aliphatic heterocycles. The van der Waals surface area contributed by atoms with Gasteiger partial charge in [-0.15, -0.1) is 17.3 Å². The van der Waals surface area contributed by atoms with Gasteiger partial charge in [0.15, 0.2) is 6.61 Å². The number of thioether (sulfide) groups is 2. The summed E-state index contributed by atoms with van der Waals surface area (Å²) in [5.74, 6) is 2.06. The van der Waals surface area contributed by atoms with E-state index in [2.05, 4.69) is 31.1 Å². The fourth-order valence-corrected chi connectivity index (χ4v) is 4.11. The van der Waals surface area contributed by atoms with Crippen molar-refractivity contribution in [3.8, 4) is 11.5 Å². The molecule has 0 saturated carbocycles. The SMILES string of the molecule is CC(SC(=S)SCCC(=O)O)C(=O)OCC#C[Si](C)(C)C. The van der Waals surface area contributed by atoms with Crippen LogP contribution in [0.15, 0.2) is 0 Å². The third-order valence-corrected chi connectivity index (χ3v) is 5.48. The highest BCUT2D eigenvalue weighted by Crippen LogP contribution is 2.23. The van der Waals surface area contributed by atoms with Gasteiger partial charge < -0.3 is 9.84 Å². The normalized spacial score (nSPS) is 12.0. The van der Waals surface area contributed by atoms with Gasteiger partial charge in [-0.3, -0.25) is 9.59 Å². The van der Waals surface area contributed by atoms with Crippen molar-refractivity contribution < 1.29 is 19.4 Å². The van der Waals surface area contributed by atoms with E-state index < -0.39 is 19.3 Å². The first-order valence-corrected chi connectivity index (χ1v) is 12.1. The summed E-state index contributed by atoms with van der Waals surface area (Å²) in [6, 6.07) is 0. The number of esters is 1. The van der Waals surface area contributed by atoms with Crippen LogP contribution in [0.5, 0.6) is 0 Å². The summed E-state index contributed by atoms with van der Waals surface area (Å²) >= 11 is 7.56. The van der Waals surface area contributed by atoms with Crippen LogP contribution in [0.4, 0.5) is 0 Å². The van der Waals surface area contributed by atoms with Crippen LogP contribution in [0.3, 0.4) is 0 Å². The van der Waals surface area contributed by atoms with Crippen LogP contribution in [0.1, 0.15) is 13.3 Å². The van der Waals surface area contributed by atoms with Gasteiger partial charge in [-0.1, -0.05) is 49.5 Å². The molecule has 0 fully saturated rings. The molecule has 0 amide bonds. The number of carbonyl (C=O) groups excluding carboxylic acids is 1. The van der Waals surface area contributed by atoms with Crippen molar-refractivity contribution >= 4 is 59.3 Å². The number of hydrogen-bond acceptors (Lipinski definition) is 6. The minimum atomic E-state index is -1.44. The van der Waals surface area contributed by atoms with Gasteiger partial charge in [0.1, 0.15) is 16.9 Å². The maximum atomic E-state index is 11.7. The Hall–Kier alpha value is -0.493. The molecule has 21 heavy (non-hydrogen) atoms. The van der Waals surface area contributed by atoms with Crippen LogP contribution in [0.25, 0.3) is 0 Å². The average molecular weight is 365 g/mol. The molecule has 4 nitrogen and oxygen atoms in total. The number of hydrogen-bond donors (Lipinski definition) is 1. The monoisotopic (exact) mass is 364 g/mol. The number of aliphatic carboxylic acids is 1. The van der Waals surface area contributed by atoms with Gasteiger partial charge >= 0.3 is 11.9 Å². The Morgan fingerprint density at radius 2 is 2.00 bits per heavy atom. The van der Waals surface area contributed by atoms with Crippen LogP contribution in [-0.2, 0) is 14.3 Å². The maximum absolute atomic E-state index is 11.7. The zero-order valence-electron chi connectivity index (χ0n) is 12.6. The fraction of sp³-hybridized carbons (Fsp3) is 0.615. The lowest BCUT2D eigenvalue weighted by molar-refractivity contribution is -0.141. The van der Waals surface area contributed by atoms with E-state index in [1.165, 1.54) is 23.5 Å². The summed E-state index contributed by atoms with van der Waals surface area (Å²) in [6.45, 7) is 8.17. The molecule has 0 aromatic rings. The Kier molecular flexibility index (Phi) is 10.0. The van der Waals surface area contributed by atoms with Gasteiger partial charge in [-0.25, -0.2) is 0 Å². The number of thiocarbonyl (C=S) groups is 1. The van der Waals surface area contributed by atoms with E-state index in [9.17, 15) is 9.59 Å². The van der Waals surface area contributed by atoms with Crippen LogP contribution in [0, 0.1) is 11.5 Å². The van der Waals surface area contributed by atoms with Crippen molar-refractivity contribution in [3.05, 3.63) is 0 Å². The summed E-state index contributed by atoms with van der Waals surface area (Å²) < 4.78 is 5.62. The van der Waals surface area contributed by atoms with Gasteiger partial charge in [0.25, 0.3) is 0 Å². The molecule has 0 aliphatic rings. The van der Waals surface area contributed by atoms with Gasteiger partial charge in [0.2, 0.25) is 0 Å². The molecule has 8 heteroatoms. The Balaban J connectivity index is 4.01. The van der Waals surface area contributed by atoms with Crippen LogP contribution >= 0.6 is 35.7 Å². The maximum Gasteiger partial charge on any atom is 0.320 e. The highest BCUT2D eigenvalue weighted by atomic mass is 32.2. The topological polar surface area (TPSA) is 63.6 Å². The molecule has 118 valence electrons. The first-order valence-electron chi connectivity index (χ1n) is 6.33. The molecule has 0 rings (SSSR count). The standard InChI is InChI=1S/C13H20O4S3Si/c1-10(20-13(18)19-8-6-11(14)15)12(16)17-7-5-9-21(2,3)4/h10H,6-8H2,1-4H3,(H,14,15). The van der Waals surface area contributed by atoms with E-state index in [1.54, 1.807) is 6.92 Å². The number of carbonyl (C=O) groups is 2. The summed E-state index contributed by atoms with van der Waals surface area (Å²) in [5, 5.41) is 8.11. The Labute approximate surface area is 140 Å². The molecule has 0 bridgehead atoms. The van der Waals surface area contributed by atoms with Gasteiger partial charge in [0, 0.05) is 5.75 Å². The van der Waals surface area contributed by atoms with E-state index in [0.29, 0.717) is 9.28 Å². The van der Waals surface area contributed by atoms with Crippen molar-refractivity contribution in [1.82, 2.24) is 0 Å². The first kappa shape index (κ1) is 20.5. The fourth-order valence-electron chi connectivity index (χ4n) is 0.974. The van der Waals surface area contributed by atoms with Crippen LogP contribution in [-0.4, -0.2) is 46.3 Å². The third kappa shape index (κ3) is 12.9. The molecule has 1 atom stereocenters. The molecule has 0 saturated heterocycles. The lowest BCUT2D eigenvalue weighted by atomic mass is 10.5. The smallest absolute Gasteiger partial charge is 0.320 e. The van der Waals surface area contributed by atoms with Crippen molar-refractivity contribution in [2.75, 3.05) is 12.4 Å². The van der Waals surface area contributed by atoms with E-state index in [-0.39, 0.29) is 19.0 Å². The second-order valence-corrected chi connectivity index (χ2v) is 13.6. The predicted octanol–water partition coefficient (Wildman–Crippen LogP) is 3.02. The summed E-state index contributed by atoms with van der Waals surface area (Å²) in [6.07, 6.45) is 0.0521. The molecule has 1 unspecified atom stereocenters. The zero-order valence-corrected chi connectivity index (χ0v) is 16.0. The largest absolute Gasteiger partial charge is 0.481 e. The Morgan fingerprint density at radius 3 is 2.52 bits per heavy atom. The second-order valence-electron chi connectivity index (χ2n) is 5.16. The zero-order chi connectivity index (χ0) is 16.5. The quantitative estimate of drug-likeness (QED) is 0.336. The molecule has 0 aliphatic carbocycles. The molecule has 0 spiro atoms. The molecule has 0 radical (unpaired) electrons. The lowest BCUT2D eigenvalue weighted by Crippen LogP contribution is -2.19. The molecular weight excluding hydrogens is 344 g/mol. The second kappa shape index (κ2) is 10.3. The number of carboxylic acid groups (broad SMARTS) is 1. The molecule has 0 heterocycles. The summed E-state index contributed by atoms with van der Waals surface area (Å²) in [5.41, 5.74) is 3.11. The third-order valence-electron chi connectivity index (χ3n) is 1.89. The van der Waals surface area contributed by atoms with Gasteiger partial charge in [0.05, 0.1) is 6.42 Å². The Morgan fingerprint density at radius 1 is 1.38 bits per heavy atom. The summed E-state index contributed by atoms with van der Waals surface area (Å²) in [7, 11) is -1.44. The summed E-state index contributed by atoms with van der Waals surface area (Å²) in [4.78, 5) is 22.1. The average Bonchev–Trinajstić information content (AvgIpc) is 2.32. The predicted molar refractivity (Wildman–Crippen MR) is 96.4 cm³/mol. The van der Waals surface area contributed by atoms with Gasteiger partial charge in [-0.2, -0.15) is 0 Å². The van der Waals surface area contributed by atoms with Crippen molar-refractivity contribution in [3.63, 3.8) is 0 Å². The van der Waals surface area contributed by atoms with E-state index in [4.69, 9.17) is 22.1 Å². The van der Waals surface area contributed by atoms with Crippen molar-refractivity contribution in [2.45, 2.75) is 38.2 Å². The van der Waals surface area contributed by atoms with Crippen molar-refractivity contribution in [1.29, 1.82) is 0 Å². The van der Waals surface area contributed by atoms with Crippen LogP contribution in [0.2, 0.25) is 19.6 Å². The highest BCUT2D eigenvalue weighted by Gasteiger charge is 2.17. The lowest BCUT2D eigenvalue weighted by Gasteiger charge is -2.10. The minimum Gasteiger partial charge on any atom is -0.481 e. The first-order chi connectivity index (χ1) is 9.61. The molecule has 0 aromatic heterocycles. The van der Waals surface area contributed by atoms with E-state index in [1.807, 2.05) is 0 Å². The molecule has 1 N–H and O–H groups in total. The number of ether oxygens (including phenoxy) is 1. The van der Waals surface area contributed by atoms with E-state index >= 15 is 0 Å². The number of rotatable bonds is 6. The number of carboxylic acids is 1. The van der Waals surface area contributed by atoms with Gasteiger partial charge in [-0.05, 0) is 6.92 Å². The van der Waals surface area contributed by atoms with E-state index in [0.717, 1.165) is 0 Å². The van der Waals surface area contributed by atoms with Crippen LogP contribution < -0.4 is 0 Å². The molecule has 0 aromatic carbocycles. The molecular formula is C13H20O4S3Si. The minimum absolute atomic E-state index is 0.0521. The Bertz CT molecular complexity index is 449. The highest BCUT2D eigenvalue weighted by molar-refractivity contribution is 8.47.